The second-order valence-corrected chi connectivity index (χ2v) is 4.37. The lowest BCUT2D eigenvalue weighted by Gasteiger charge is -2.07. The molecule has 1 aromatic heterocycles. The van der Waals surface area contributed by atoms with Crippen LogP contribution >= 0.6 is 0 Å². The first-order valence-corrected chi connectivity index (χ1v) is 6.04. The van der Waals surface area contributed by atoms with Crippen molar-refractivity contribution in [2.24, 2.45) is 0 Å². The molecule has 0 bridgehead atoms. The van der Waals surface area contributed by atoms with Gasteiger partial charge in [-0.3, -0.25) is 4.79 Å². The van der Waals surface area contributed by atoms with Crippen LogP contribution in [0.25, 0.3) is 0 Å². The monoisotopic (exact) mass is 300 g/mol. The van der Waals surface area contributed by atoms with Crippen LogP contribution in [0.2, 0.25) is 0 Å². The van der Waals surface area contributed by atoms with Crippen LogP contribution in [-0.4, -0.2) is 21.2 Å². The number of rotatable bonds is 5. The second-order valence-electron chi connectivity index (χ2n) is 4.37. The summed E-state index contributed by atoms with van der Waals surface area (Å²) < 4.78 is 42.6. The first-order chi connectivity index (χ1) is 9.84. The third-order valence-electron chi connectivity index (χ3n) is 2.68. The van der Waals surface area contributed by atoms with Crippen LogP contribution in [0.3, 0.4) is 0 Å². The zero-order chi connectivity index (χ0) is 15.5. The van der Waals surface area contributed by atoms with Gasteiger partial charge in [0.15, 0.2) is 5.82 Å². The van der Waals surface area contributed by atoms with Gasteiger partial charge in [0, 0.05) is 12.8 Å². The smallest absolute Gasteiger partial charge is 0.416 e. The second kappa shape index (κ2) is 5.94. The van der Waals surface area contributed by atoms with E-state index >= 15 is 0 Å². The van der Waals surface area contributed by atoms with Crippen molar-refractivity contribution >= 4 is 5.97 Å². The minimum Gasteiger partial charge on any atom is -0.481 e. The fourth-order valence-electron chi connectivity index (χ4n) is 1.72. The molecule has 0 radical (unpaired) electrons. The van der Waals surface area contributed by atoms with Crippen LogP contribution < -0.4 is 0 Å². The Hall–Kier alpha value is -2.38. The summed E-state index contributed by atoms with van der Waals surface area (Å²) in [5.74, 6) is -0.623. The van der Waals surface area contributed by atoms with Gasteiger partial charge in [0.25, 0.3) is 0 Å². The van der Waals surface area contributed by atoms with E-state index in [2.05, 4.69) is 10.1 Å². The third-order valence-corrected chi connectivity index (χ3v) is 2.68. The van der Waals surface area contributed by atoms with E-state index in [0.29, 0.717) is 5.56 Å². The normalized spacial score (nSPS) is 11.6. The van der Waals surface area contributed by atoms with Crippen LogP contribution in [-0.2, 0) is 23.8 Å². The summed E-state index contributed by atoms with van der Waals surface area (Å²) in [5, 5.41) is 12.1. The fraction of sp³-hybridized carbons (Fsp3) is 0.308. The molecule has 0 atom stereocenters. The summed E-state index contributed by atoms with van der Waals surface area (Å²) in [6, 6.07) is 4.84. The van der Waals surface area contributed by atoms with Gasteiger partial charge in [0.1, 0.15) is 0 Å². The van der Waals surface area contributed by atoms with Crippen molar-refractivity contribution in [2.45, 2.75) is 25.4 Å². The van der Waals surface area contributed by atoms with Crippen LogP contribution in [0.5, 0.6) is 0 Å². The topological polar surface area (TPSA) is 76.2 Å². The molecule has 0 saturated carbocycles. The Balaban J connectivity index is 2.07. The van der Waals surface area contributed by atoms with Gasteiger partial charge in [0.05, 0.1) is 12.0 Å². The molecule has 112 valence electrons. The Morgan fingerprint density at radius 1 is 1.33 bits per heavy atom. The lowest BCUT2D eigenvalue weighted by Crippen LogP contribution is -2.05. The summed E-state index contributed by atoms with van der Waals surface area (Å²) in [6.07, 6.45) is -4.38. The van der Waals surface area contributed by atoms with E-state index in [0.717, 1.165) is 12.1 Å². The molecule has 8 heteroatoms. The molecule has 2 aromatic rings. The number of halogens is 3. The van der Waals surface area contributed by atoms with E-state index in [9.17, 15) is 18.0 Å². The van der Waals surface area contributed by atoms with Gasteiger partial charge in [-0.25, -0.2) is 0 Å². The molecule has 1 aromatic carbocycles. The number of hydrogen-bond donors (Lipinski definition) is 1. The van der Waals surface area contributed by atoms with Crippen LogP contribution in [0.4, 0.5) is 13.2 Å². The maximum absolute atomic E-state index is 12.6. The number of carboxylic acid groups (broad SMARTS) is 1. The van der Waals surface area contributed by atoms with Crippen molar-refractivity contribution in [2.75, 3.05) is 0 Å². The van der Waals surface area contributed by atoms with E-state index in [1.54, 1.807) is 0 Å². The predicted molar refractivity (Wildman–Crippen MR) is 64.5 cm³/mol. The van der Waals surface area contributed by atoms with Crippen molar-refractivity contribution in [1.29, 1.82) is 0 Å². The molecule has 0 aliphatic rings. The predicted octanol–water partition coefficient (Wildman–Crippen LogP) is 2.70. The van der Waals surface area contributed by atoms with Gasteiger partial charge < -0.3 is 9.63 Å². The minimum atomic E-state index is -4.40. The highest BCUT2D eigenvalue weighted by Gasteiger charge is 2.30. The molecule has 5 nitrogen and oxygen atoms in total. The van der Waals surface area contributed by atoms with E-state index in [1.165, 1.54) is 12.1 Å². The van der Waals surface area contributed by atoms with Gasteiger partial charge in [-0.05, 0) is 11.6 Å². The van der Waals surface area contributed by atoms with Gasteiger partial charge in [-0.1, -0.05) is 23.4 Å². The van der Waals surface area contributed by atoms with Crippen molar-refractivity contribution in [1.82, 2.24) is 10.1 Å². The molecule has 0 saturated heterocycles. The molecular formula is C13H11F3N2O3. The summed E-state index contributed by atoms with van der Waals surface area (Å²) in [4.78, 5) is 14.4. The lowest BCUT2D eigenvalue weighted by molar-refractivity contribution is -0.138. The van der Waals surface area contributed by atoms with E-state index in [4.69, 9.17) is 9.63 Å². The molecule has 1 N–H and O–H groups in total. The van der Waals surface area contributed by atoms with Gasteiger partial charge in [-0.2, -0.15) is 18.2 Å². The van der Waals surface area contributed by atoms with Crippen molar-refractivity contribution in [3.8, 4) is 0 Å². The first kappa shape index (κ1) is 15.0. The number of alkyl halides is 3. The molecule has 21 heavy (non-hydrogen) atoms. The minimum absolute atomic E-state index is 0.0838. The molecule has 0 fully saturated rings. The Bertz CT molecular complexity index is 638. The largest absolute Gasteiger partial charge is 0.481 e. The van der Waals surface area contributed by atoms with E-state index in [-0.39, 0.29) is 31.0 Å². The summed E-state index contributed by atoms with van der Waals surface area (Å²) in [5.41, 5.74) is -0.343. The zero-order valence-electron chi connectivity index (χ0n) is 10.7. The Labute approximate surface area is 117 Å². The van der Waals surface area contributed by atoms with E-state index < -0.39 is 17.7 Å². The van der Waals surface area contributed by atoms with Gasteiger partial charge in [-0.15, -0.1) is 0 Å². The number of carboxylic acids is 1. The molecule has 0 spiro atoms. The number of aliphatic carboxylic acids is 1. The van der Waals surface area contributed by atoms with Gasteiger partial charge in [0.2, 0.25) is 5.89 Å². The summed E-state index contributed by atoms with van der Waals surface area (Å²) >= 11 is 0. The van der Waals surface area contributed by atoms with E-state index in [1.807, 2.05) is 0 Å². The summed E-state index contributed by atoms with van der Waals surface area (Å²) in [7, 11) is 0. The number of aromatic nitrogens is 2. The molecule has 0 unspecified atom stereocenters. The highest BCUT2D eigenvalue weighted by molar-refractivity contribution is 5.66. The number of nitrogens with zero attached hydrogens (tertiary/aromatic N) is 2. The third kappa shape index (κ3) is 4.30. The van der Waals surface area contributed by atoms with Crippen molar-refractivity contribution in [3.63, 3.8) is 0 Å². The highest BCUT2D eigenvalue weighted by atomic mass is 19.4. The SMILES string of the molecule is O=C(O)CCc1nc(Cc2cccc(C(F)(F)F)c2)no1. The number of carbonyl (C=O) groups is 1. The summed E-state index contributed by atoms with van der Waals surface area (Å²) in [6.45, 7) is 0. The number of hydrogen-bond acceptors (Lipinski definition) is 4. The van der Waals surface area contributed by atoms with Crippen LogP contribution in [0.1, 0.15) is 29.3 Å². The average Bonchev–Trinajstić information content (AvgIpc) is 2.83. The molecule has 0 aliphatic heterocycles. The molecule has 1 heterocycles. The van der Waals surface area contributed by atoms with Crippen molar-refractivity contribution < 1.29 is 27.6 Å². The lowest BCUT2D eigenvalue weighted by atomic mass is 10.1. The maximum atomic E-state index is 12.6. The van der Waals surface area contributed by atoms with Crippen LogP contribution in [0, 0.1) is 0 Å². The average molecular weight is 300 g/mol. The van der Waals surface area contributed by atoms with Crippen LogP contribution in [0.15, 0.2) is 28.8 Å². The maximum Gasteiger partial charge on any atom is 0.416 e. The highest BCUT2D eigenvalue weighted by Crippen LogP contribution is 2.29. The number of aryl methyl sites for hydroxylation is 1. The first-order valence-electron chi connectivity index (χ1n) is 6.04. The molecule has 0 aliphatic carbocycles. The van der Waals surface area contributed by atoms with Crippen molar-refractivity contribution in [3.05, 3.63) is 47.1 Å². The fourth-order valence-corrected chi connectivity index (χ4v) is 1.72. The standard InChI is InChI=1S/C13H11F3N2O3/c14-13(15,16)9-3-1-2-8(6-9)7-10-17-11(21-18-10)4-5-12(19)20/h1-3,6H,4-5,7H2,(H,19,20). The molecular weight excluding hydrogens is 289 g/mol. The Morgan fingerprint density at radius 2 is 2.10 bits per heavy atom. The van der Waals surface area contributed by atoms with Gasteiger partial charge >= 0.3 is 12.1 Å². The quantitative estimate of drug-likeness (QED) is 0.918. The number of benzene rings is 1. The zero-order valence-corrected chi connectivity index (χ0v) is 10.7. The molecule has 2 rings (SSSR count). The Kier molecular flexibility index (Phi) is 4.25. The Morgan fingerprint density at radius 3 is 2.76 bits per heavy atom. The molecule has 0 amide bonds.